The highest BCUT2D eigenvalue weighted by Crippen LogP contribution is 2.31. The van der Waals surface area contributed by atoms with Crippen molar-refractivity contribution < 1.29 is 4.79 Å². The lowest BCUT2D eigenvalue weighted by Crippen LogP contribution is -2.34. The van der Waals surface area contributed by atoms with Gasteiger partial charge in [-0.15, -0.1) is 11.8 Å². The predicted octanol–water partition coefficient (Wildman–Crippen LogP) is 1.72. The molecule has 4 nitrogen and oxygen atoms in total. The Morgan fingerprint density at radius 3 is 3.13 bits per heavy atom. The number of thioether (sulfide) groups is 1. The second-order valence-electron chi connectivity index (χ2n) is 3.37. The Hall–Kier alpha value is -1.20. The maximum atomic E-state index is 11.0. The van der Waals surface area contributed by atoms with Crippen LogP contribution in [0.15, 0.2) is 23.1 Å². The zero-order valence-electron chi connectivity index (χ0n) is 8.25. The number of anilines is 1. The topological polar surface area (TPSA) is 67.1 Å². The second kappa shape index (κ2) is 4.55. The lowest BCUT2D eigenvalue weighted by atomic mass is 10.1. The minimum atomic E-state index is -0.390. The summed E-state index contributed by atoms with van der Waals surface area (Å²) >= 11 is 1.87. The molecule has 2 amide bonds. The van der Waals surface area contributed by atoms with E-state index < -0.39 is 6.03 Å². The van der Waals surface area contributed by atoms with E-state index >= 15 is 0 Å². The van der Waals surface area contributed by atoms with Gasteiger partial charge in [0, 0.05) is 10.6 Å². The van der Waals surface area contributed by atoms with E-state index in [-0.39, 0.29) is 0 Å². The minimum absolute atomic E-state index is 0.390. The second-order valence-corrected chi connectivity index (χ2v) is 4.51. The van der Waals surface area contributed by atoms with Crippen molar-refractivity contribution in [3.8, 4) is 0 Å². The van der Waals surface area contributed by atoms with E-state index in [1.807, 2.05) is 35.4 Å². The molecule has 0 fully saturated rings. The van der Waals surface area contributed by atoms with E-state index in [1.165, 1.54) is 22.6 Å². The van der Waals surface area contributed by atoms with Gasteiger partial charge in [0.2, 0.25) is 0 Å². The number of benzene rings is 1. The minimum Gasteiger partial charge on any atom is -0.307 e. The Morgan fingerprint density at radius 1 is 1.47 bits per heavy atom. The van der Waals surface area contributed by atoms with Gasteiger partial charge in [-0.1, -0.05) is 0 Å². The Morgan fingerprint density at radius 2 is 2.33 bits per heavy atom. The van der Waals surface area contributed by atoms with E-state index in [0.717, 1.165) is 12.1 Å². The first-order chi connectivity index (χ1) is 7.29. The fraction of sp³-hybridized carbons (Fsp3) is 0.300. The molecule has 4 N–H and O–H groups in total. The largest absolute Gasteiger partial charge is 0.333 e. The van der Waals surface area contributed by atoms with Crippen molar-refractivity contribution in [2.75, 3.05) is 11.1 Å². The van der Waals surface area contributed by atoms with E-state index in [4.69, 9.17) is 5.84 Å². The van der Waals surface area contributed by atoms with Gasteiger partial charge >= 0.3 is 6.03 Å². The van der Waals surface area contributed by atoms with E-state index in [9.17, 15) is 4.79 Å². The highest BCUT2D eigenvalue weighted by atomic mass is 32.2. The smallest absolute Gasteiger partial charge is 0.307 e. The molecular formula is C10H13N3OS. The first-order valence-corrected chi connectivity index (χ1v) is 5.81. The molecule has 0 atom stereocenters. The van der Waals surface area contributed by atoms with Crippen molar-refractivity contribution in [2.24, 2.45) is 5.84 Å². The van der Waals surface area contributed by atoms with Crippen LogP contribution in [0.3, 0.4) is 0 Å². The molecule has 15 heavy (non-hydrogen) atoms. The zero-order valence-corrected chi connectivity index (χ0v) is 9.06. The van der Waals surface area contributed by atoms with Crippen LogP contribution in [0, 0.1) is 0 Å². The van der Waals surface area contributed by atoms with Crippen LogP contribution >= 0.6 is 11.8 Å². The molecule has 0 saturated heterocycles. The summed E-state index contributed by atoms with van der Waals surface area (Å²) in [5, 5.41) is 2.66. The Bertz CT molecular complexity index is 381. The fourth-order valence-corrected chi connectivity index (χ4v) is 2.62. The van der Waals surface area contributed by atoms with Crippen LogP contribution in [-0.2, 0) is 6.42 Å². The molecule has 1 aliphatic heterocycles. The van der Waals surface area contributed by atoms with E-state index in [0.29, 0.717) is 0 Å². The van der Waals surface area contributed by atoms with Gasteiger partial charge in [-0.3, -0.25) is 5.43 Å². The number of hydrogen-bond donors (Lipinski definition) is 3. The van der Waals surface area contributed by atoms with Gasteiger partial charge in [-0.2, -0.15) is 0 Å². The summed E-state index contributed by atoms with van der Waals surface area (Å²) in [6.45, 7) is 0. The average molecular weight is 223 g/mol. The number of hydrogen-bond acceptors (Lipinski definition) is 3. The van der Waals surface area contributed by atoms with Crippen molar-refractivity contribution in [1.82, 2.24) is 5.43 Å². The highest BCUT2D eigenvalue weighted by molar-refractivity contribution is 7.99. The number of aryl methyl sites for hydroxylation is 1. The van der Waals surface area contributed by atoms with Crippen LogP contribution in [0.4, 0.5) is 10.5 Å². The molecule has 0 aromatic heterocycles. The quantitative estimate of drug-likeness (QED) is 0.386. The first-order valence-electron chi connectivity index (χ1n) is 4.83. The first kappa shape index (κ1) is 10.3. The van der Waals surface area contributed by atoms with Crippen LogP contribution in [0.1, 0.15) is 12.0 Å². The van der Waals surface area contributed by atoms with Gasteiger partial charge in [0.25, 0.3) is 0 Å². The Kier molecular flexibility index (Phi) is 3.13. The molecule has 5 heteroatoms. The number of amides is 2. The number of nitrogens with one attached hydrogen (secondary N) is 2. The Labute approximate surface area is 92.6 Å². The van der Waals surface area contributed by atoms with Crippen LogP contribution < -0.4 is 16.6 Å². The summed E-state index contributed by atoms with van der Waals surface area (Å²) in [4.78, 5) is 12.3. The number of fused-ring (bicyclic) bond motifs is 1. The van der Waals surface area contributed by atoms with Crippen LogP contribution in [0.5, 0.6) is 0 Å². The zero-order chi connectivity index (χ0) is 10.7. The summed E-state index contributed by atoms with van der Waals surface area (Å²) in [7, 11) is 0. The summed E-state index contributed by atoms with van der Waals surface area (Å²) in [6, 6.07) is 5.56. The van der Waals surface area contributed by atoms with Crippen molar-refractivity contribution in [3.63, 3.8) is 0 Å². The molecule has 1 heterocycles. The summed E-state index contributed by atoms with van der Waals surface area (Å²) in [5.74, 6) is 6.18. The number of rotatable bonds is 1. The third-order valence-corrected chi connectivity index (χ3v) is 3.50. The van der Waals surface area contributed by atoms with E-state index in [2.05, 4.69) is 5.32 Å². The normalized spacial score (nSPS) is 14.2. The fourth-order valence-electron chi connectivity index (χ4n) is 1.61. The third kappa shape index (κ3) is 2.43. The van der Waals surface area contributed by atoms with Crippen LogP contribution in [0.25, 0.3) is 0 Å². The lowest BCUT2D eigenvalue weighted by molar-refractivity contribution is 0.252. The predicted molar refractivity (Wildman–Crippen MR) is 61.8 cm³/mol. The molecular weight excluding hydrogens is 210 g/mol. The lowest BCUT2D eigenvalue weighted by Gasteiger charge is -2.16. The SMILES string of the molecule is NNC(=O)Nc1ccc2c(c1)CCCS2. The van der Waals surface area contributed by atoms with Crippen molar-refractivity contribution >= 4 is 23.5 Å². The highest BCUT2D eigenvalue weighted by Gasteiger charge is 2.10. The summed E-state index contributed by atoms with van der Waals surface area (Å²) in [6.07, 6.45) is 2.28. The molecule has 0 aliphatic carbocycles. The van der Waals surface area contributed by atoms with Crippen LogP contribution in [0.2, 0.25) is 0 Å². The molecule has 1 aromatic rings. The van der Waals surface area contributed by atoms with Gasteiger partial charge in [0.1, 0.15) is 0 Å². The van der Waals surface area contributed by atoms with Gasteiger partial charge in [0.15, 0.2) is 0 Å². The van der Waals surface area contributed by atoms with Crippen molar-refractivity contribution in [1.29, 1.82) is 0 Å². The molecule has 1 aliphatic rings. The molecule has 0 unspecified atom stereocenters. The molecule has 0 saturated carbocycles. The van der Waals surface area contributed by atoms with Gasteiger partial charge in [-0.05, 0) is 42.4 Å². The average Bonchev–Trinajstić information content (AvgIpc) is 2.29. The number of carbonyl (C=O) groups is 1. The number of urea groups is 1. The molecule has 0 radical (unpaired) electrons. The maximum Gasteiger partial charge on any atom is 0.333 e. The molecule has 0 spiro atoms. The van der Waals surface area contributed by atoms with Crippen molar-refractivity contribution in [3.05, 3.63) is 23.8 Å². The number of carbonyl (C=O) groups excluding carboxylic acids is 1. The molecule has 2 rings (SSSR count). The molecule has 0 bridgehead atoms. The van der Waals surface area contributed by atoms with E-state index in [1.54, 1.807) is 0 Å². The molecule has 80 valence electrons. The van der Waals surface area contributed by atoms with Gasteiger partial charge in [0.05, 0.1) is 0 Å². The summed E-state index contributed by atoms with van der Waals surface area (Å²) < 4.78 is 0. The maximum absolute atomic E-state index is 11.0. The standard InChI is InChI=1S/C10H13N3OS/c11-13-10(14)12-8-3-4-9-7(6-8)2-1-5-15-9/h3-4,6H,1-2,5,11H2,(H2,12,13,14). The molecule has 1 aromatic carbocycles. The van der Waals surface area contributed by atoms with Gasteiger partial charge in [-0.25, -0.2) is 10.6 Å². The van der Waals surface area contributed by atoms with Crippen molar-refractivity contribution in [2.45, 2.75) is 17.7 Å². The Balaban J connectivity index is 2.17. The number of nitrogens with two attached hydrogens (primary N) is 1. The monoisotopic (exact) mass is 223 g/mol. The van der Waals surface area contributed by atoms with Gasteiger partial charge < -0.3 is 5.32 Å². The van der Waals surface area contributed by atoms with Crippen LogP contribution in [-0.4, -0.2) is 11.8 Å². The summed E-state index contributed by atoms with van der Waals surface area (Å²) in [5.41, 5.74) is 4.14. The number of hydrazine groups is 1. The third-order valence-electron chi connectivity index (χ3n) is 2.30.